The van der Waals surface area contributed by atoms with Gasteiger partial charge < -0.3 is 15.0 Å². The average Bonchev–Trinajstić information content (AvgIpc) is 2.61. The fourth-order valence-electron chi connectivity index (χ4n) is 3.53. The average molecular weight is 316 g/mol. The van der Waals surface area contributed by atoms with E-state index < -0.39 is 0 Å². The van der Waals surface area contributed by atoms with Crippen LogP contribution in [0.3, 0.4) is 0 Å². The summed E-state index contributed by atoms with van der Waals surface area (Å²) in [6.45, 7) is 1.21. The summed E-state index contributed by atoms with van der Waals surface area (Å²) in [6, 6.07) is 6.01. The molecule has 1 aromatic rings. The first-order chi connectivity index (χ1) is 11.2. The smallest absolute Gasteiger partial charge is 0.409 e. The molecule has 1 fully saturated rings. The maximum Gasteiger partial charge on any atom is 0.409 e. The molecule has 124 valence electrons. The zero-order chi connectivity index (χ0) is 16.2. The number of carbonyl (C=O) groups is 2. The van der Waals surface area contributed by atoms with Gasteiger partial charge in [-0.25, -0.2) is 4.79 Å². The minimum atomic E-state index is -0.299. The van der Waals surface area contributed by atoms with Crippen LogP contribution in [0.2, 0.25) is 0 Å². The standard InChI is InChI=1S/C18H24N2O3/c1-23-18(22)20-10-9-13-7-8-16(11-15(13)12-20)19-17(21)14-5-3-2-4-6-14/h7-8,11,14H,2-6,9-10,12H2,1H3,(H,19,21). The van der Waals surface area contributed by atoms with Gasteiger partial charge >= 0.3 is 6.09 Å². The van der Waals surface area contributed by atoms with Crippen LogP contribution in [0.5, 0.6) is 0 Å². The van der Waals surface area contributed by atoms with Crippen LogP contribution in [-0.2, 0) is 22.5 Å². The second-order valence-electron chi connectivity index (χ2n) is 6.45. The molecule has 1 heterocycles. The third-order valence-corrected chi connectivity index (χ3v) is 4.89. The van der Waals surface area contributed by atoms with E-state index in [0.29, 0.717) is 13.1 Å². The normalized spacial score (nSPS) is 18.2. The number of anilines is 1. The minimum absolute atomic E-state index is 0.130. The summed E-state index contributed by atoms with van der Waals surface area (Å²) in [5.74, 6) is 0.275. The number of nitrogens with one attached hydrogen (secondary N) is 1. The Hall–Kier alpha value is -2.04. The molecule has 1 N–H and O–H groups in total. The molecule has 2 amide bonds. The van der Waals surface area contributed by atoms with E-state index in [9.17, 15) is 9.59 Å². The number of hydrogen-bond acceptors (Lipinski definition) is 3. The van der Waals surface area contributed by atoms with Gasteiger partial charge in [-0.05, 0) is 42.5 Å². The zero-order valence-electron chi connectivity index (χ0n) is 13.6. The van der Waals surface area contributed by atoms with Crippen LogP contribution >= 0.6 is 0 Å². The number of ether oxygens (including phenoxy) is 1. The summed E-state index contributed by atoms with van der Waals surface area (Å²) in [6.07, 6.45) is 6.05. The van der Waals surface area contributed by atoms with E-state index in [2.05, 4.69) is 11.4 Å². The third-order valence-electron chi connectivity index (χ3n) is 4.89. The van der Waals surface area contributed by atoms with E-state index in [1.807, 2.05) is 12.1 Å². The van der Waals surface area contributed by atoms with E-state index in [-0.39, 0.29) is 17.9 Å². The Morgan fingerprint density at radius 2 is 1.96 bits per heavy atom. The lowest BCUT2D eigenvalue weighted by atomic mass is 9.88. The van der Waals surface area contributed by atoms with Crippen molar-refractivity contribution in [3.05, 3.63) is 29.3 Å². The lowest BCUT2D eigenvalue weighted by Crippen LogP contribution is -2.35. The Morgan fingerprint density at radius 1 is 1.17 bits per heavy atom. The molecule has 1 aliphatic carbocycles. The molecule has 0 unspecified atom stereocenters. The molecular weight excluding hydrogens is 292 g/mol. The molecule has 2 aliphatic rings. The molecule has 0 atom stereocenters. The van der Waals surface area contributed by atoms with Gasteiger partial charge in [0.2, 0.25) is 5.91 Å². The van der Waals surface area contributed by atoms with Crippen LogP contribution in [0.25, 0.3) is 0 Å². The van der Waals surface area contributed by atoms with Gasteiger partial charge in [-0.2, -0.15) is 0 Å². The van der Waals surface area contributed by atoms with E-state index >= 15 is 0 Å². The Balaban J connectivity index is 1.68. The molecule has 0 spiro atoms. The predicted octanol–water partition coefficient (Wildman–Crippen LogP) is 3.33. The quantitative estimate of drug-likeness (QED) is 0.910. The highest BCUT2D eigenvalue weighted by Gasteiger charge is 2.23. The van der Waals surface area contributed by atoms with Crippen molar-refractivity contribution in [1.29, 1.82) is 0 Å². The van der Waals surface area contributed by atoms with Gasteiger partial charge in [0.25, 0.3) is 0 Å². The molecule has 0 aromatic heterocycles. The summed E-state index contributed by atoms with van der Waals surface area (Å²) < 4.78 is 4.80. The molecule has 5 heteroatoms. The third kappa shape index (κ3) is 3.66. The molecule has 0 saturated heterocycles. The maximum atomic E-state index is 12.4. The lowest BCUT2D eigenvalue weighted by molar-refractivity contribution is -0.120. The van der Waals surface area contributed by atoms with Gasteiger partial charge in [0.05, 0.1) is 7.11 Å². The molecule has 0 bridgehead atoms. The van der Waals surface area contributed by atoms with Gasteiger partial charge in [0.1, 0.15) is 0 Å². The summed E-state index contributed by atoms with van der Waals surface area (Å²) in [7, 11) is 1.40. The van der Waals surface area contributed by atoms with Crippen LogP contribution in [0, 0.1) is 5.92 Å². The minimum Gasteiger partial charge on any atom is -0.453 e. The van der Waals surface area contributed by atoms with Gasteiger partial charge in [-0.15, -0.1) is 0 Å². The van der Waals surface area contributed by atoms with Crippen LogP contribution < -0.4 is 5.32 Å². The Kier molecular flexibility index (Phi) is 4.84. The van der Waals surface area contributed by atoms with Crippen molar-refractivity contribution in [3.63, 3.8) is 0 Å². The molecule has 23 heavy (non-hydrogen) atoms. The fraction of sp³-hybridized carbons (Fsp3) is 0.556. The van der Waals surface area contributed by atoms with Crippen molar-refractivity contribution in [3.8, 4) is 0 Å². The second-order valence-corrected chi connectivity index (χ2v) is 6.45. The van der Waals surface area contributed by atoms with Crippen molar-refractivity contribution in [2.24, 2.45) is 5.92 Å². The van der Waals surface area contributed by atoms with Crippen molar-refractivity contribution >= 4 is 17.7 Å². The van der Waals surface area contributed by atoms with Crippen molar-refractivity contribution in [2.45, 2.75) is 45.1 Å². The topological polar surface area (TPSA) is 58.6 Å². The van der Waals surface area contributed by atoms with E-state index in [0.717, 1.165) is 43.4 Å². The van der Waals surface area contributed by atoms with E-state index in [1.165, 1.54) is 19.1 Å². The van der Waals surface area contributed by atoms with Crippen LogP contribution in [0.1, 0.15) is 43.2 Å². The summed E-state index contributed by atoms with van der Waals surface area (Å²) >= 11 is 0. The SMILES string of the molecule is COC(=O)N1CCc2ccc(NC(=O)C3CCCCC3)cc2C1. The summed E-state index contributed by atoms with van der Waals surface area (Å²) in [4.78, 5) is 25.7. The van der Waals surface area contributed by atoms with Crippen LogP contribution in [0.4, 0.5) is 10.5 Å². The maximum absolute atomic E-state index is 12.4. The molecular formula is C18H24N2O3. The van der Waals surface area contributed by atoms with E-state index in [4.69, 9.17) is 4.74 Å². The summed E-state index contributed by atoms with van der Waals surface area (Å²) in [5.41, 5.74) is 3.15. The lowest BCUT2D eigenvalue weighted by Gasteiger charge is -2.28. The number of fused-ring (bicyclic) bond motifs is 1. The molecule has 0 radical (unpaired) electrons. The van der Waals surface area contributed by atoms with Crippen LogP contribution in [0.15, 0.2) is 18.2 Å². The largest absolute Gasteiger partial charge is 0.453 e. The van der Waals surface area contributed by atoms with Crippen molar-refractivity contribution in [2.75, 3.05) is 19.0 Å². The first kappa shape index (κ1) is 15.8. The number of carbonyl (C=O) groups excluding carboxylic acids is 2. The van der Waals surface area contributed by atoms with Gasteiger partial charge in [-0.3, -0.25) is 4.79 Å². The fourth-order valence-corrected chi connectivity index (χ4v) is 3.53. The second kappa shape index (κ2) is 7.02. The first-order valence-electron chi connectivity index (χ1n) is 8.43. The number of benzene rings is 1. The van der Waals surface area contributed by atoms with E-state index in [1.54, 1.807) is 4.90 Å². The molecule has 1 aromatic carbocycles. The Bertz CT molecular complexity index is 594. The highest BCUT2D eigenvalue weighted by molar-refractivity contribution is 5.92. The van der Waals surface area contributed by atoms with Crippen molar-refractivity contribution in [1.82, 2.24) is 4.90 Å². The summed E-state index contributed by atoms with van der Waals surface area (Å²) in [5, 5.41) is 3.05. The number of methoxy groups -OCH3 is 1. The monoisotopic (exact) mass is 316 g/mol. The number of nitrogens with zero attached hydrogens (tertiary/aromatic N) is 1. The Morgan fingerprint density at radius 3 is 2.70 bits per heavy atom. The Labute approximate surface area is 137 Å². The number of amides is 2. The zero-order valence-corrected chi connectivity index (χ0v) is 13.6. The highest BCUT2D eigenvalue weighted by atomic mass is 16.5. The van der Waals surface area contributed by atoms with Crippen molar-refractivity contribution < 1.29 is 14.3 Å². The predicted molar refractivity (Wildman–Crippen MR) is 88.2 cm³/mol. The van der Waals surface area contributed by atoms with Crippen LogP contribution in [-0.4, -0.2) is 30.6 Å². The molecule has 5 nitrogen and oxygen atoms in total. The number of rotatable bonds is 2. The highest BCUT2D eigenvalue weighted by Crippen LogP contribution is 2.27. The first-order valence-corrected chi connectivity index (χ1v) is 8.43. The molecule has 3 rings (SSSR count). The molecule has 1 aliphatic heterocycles. The van der Waals surface area contributed by atoms with Gasteiger partial charge in [0.15, 0.2) is 0 Å². The number of hydrogen-bond donors (Lipinski definition) is 1. The molecule has 1 saturated carbocycles. The van der Waals surface area contributed by atoms with Gasteiger partial charge in [-0.1, -0.05) is 25.3 Å². The van der Waals surface area contributed by atoms with Gasteiger partial charge in [0, 0.05) is 24.7 Å².